The molecule has 4 heterocycles. The zero-order chi connectivity index (χ0) is 28.1. The molecule has 2 saturated heterocycles. The van der Waals surface area contributed by atoms with Gasteiger partial charge in [-0.3, -0.25) is 9.47 Å². The third-order valence-electron chi connectivity index (χ3n) is 8.10. The average molecular weight is 547 g/mol. The third kappa shape index (κ3) is 5.30. The van der Waals surface area contributed by atoms with Gasteiger partial charge in [0.1, 0.15) is 17.0 Å². The zero-order valence-corrected chi connectivity index (χ0v) is 23.2. The van der Waals surface area contributed by atoms with E-state index in [0.29, 0.717) is 37.5 Å². The molecule has 0 aliphatic carbocycles. The van der Waals surface area contributed by atoms with Crippen molar-refractivity contribution in [2.75, 3.05) is 31.1 Å². The summed E-state index contributed by atoms with van der Waals surface area (Å²) in [6.07, 6.45) is -2.23. The summed E-state index contributed by atoms with van der Waals surface area (Å²) in [5, 5.41) is 0. The van der Waals surface area contributed by atoms with Crippen molar-refractivity contribution in [3.05, 3.63) is 51.7 Å². The first-order chi connectivity index (χ1) is 18.5. The van der Waals surface area contributed by atoms with Gasteiger partial charge in [-0.25, -0.2) is 9.78 Å². The number of fused-ring (bicyclic) bond motifs is 1. The number of imidazole rings is 1. The molecule has 1 aromatic carbocycles. The summed E-state index contributed by atoms with van der Waals surface area (Å²) in [4.78, 5) is 26.8. The number of ether oxygens (including phenoxy) is 1. The first-order valence-corrected chi connectivity index (χ1v) is 13.7. The fourth-order valence-corrected chi connectivity index (χ4v) is 6.20. The minimum atomic E-state index is -4.35. The zero-order valence-electron chi connectivity index (χ0n) is 23.2. The standard InChI is InChI=1S/C28H37F3N6O2/c1-17(2)24(20-8-10-21(11-9-20)28(29,30)31)35-12-13-36(18(3)15-35)25-23-26(34(5)27(38)33-25)37(19(4)32-23)16-22-7-6-14-39-22/h8-11,17-18,22,24H,6-7,12-16H2,1-5H3. The number of halogens is 3. The van der Waals surface area contributed by atoms with Crippen LogP contribution in [0, 0.1) is 12.8 Å². The third-order valence-corrected chi connectivity index (χ3v) is 8.10. The lowest BCUT2D eigenvalue weighted by atomic mass is 9.92. The number of hydrogen-bond acceptors (Lipinski definition) is 6. The van der Waals surface area contributed by atoms with Gasteiger partial charge in [0.15, 0.2) is 5.82 Å². The van der Waals surface area contributed by atoms with Crippen LogP contribution in [0.5, 0.6) is 0 Å². The van der Waals surface area contributed by atoms with Crippen LogP contribution in [0.15, 0.2) is 29.1 Å². The lowest BCUT2D eigenvalue weighted by molar-refractivity contribution is -0.137. The van der Waals surface area contributed by atoms with Gasteiger partial charge in [-0.05, 0) is 50.3 Å². The molecular weight excluding hydrogens is 509 g/mol. The van der Waals surface area contributed by atoms with E-state index < -0.39 is 11.7 Å². The Hall–Kier alpha value is -2.92. The second kappa shape index (κ2) is 10.6. The molecule has 2 fully saturated rings. The Kier molecular flexibility index (Phi) is 7.49. The molecule has 2 aliphatic heterocycles. The van der Waals surface area contributed by atoms with Crippen LogP contribution in [-0.4, -0.2) is 62.4 Å². The minimum Gasteiger partial charge on any atom is -0.376 e. The summed E-state index contributed by atoms with van der Waals surface area (Å²) in [6, 6.07) is 5.52. The van der Waals surface area contributed by atoms with Gasteiger partial charge in [0.2, 0.25) is 0 Å². The molecule has 5 rings (SSSR count). The summed E-state index contributed by atoms with van der Waals surface area (Å²) in [7, 11) is 1.73. The van der Waals surface area contributed by atoms with Gasteiger partial charge in [-0.1, -0.05) is 26.0 Å². The first-order valence-electron chi connectivity index (χ1n) is 13.7. The average Bonchev–Trinajstić information content (AvgIpc) is 3.50. The van der Waals surface area contributed by atoms with Gasteiger partial charge in [0.05, 0.1) is 18.2 Å². The number of rotatable bonds is 6. The molecule has 39 heavy (non-hydrogen) atoms. The molecule has 0 saturated carbocycles. The highest BCUT2D eigenvalue weighted by Crippen LogP contribution is 2.35. The predicted molar refractivity (Wildman–Crippen MR) is 144 cm³/mol. The molecule has 212 valence electrons. The quantitative estimate of drug-likeness (QED) is 0.452. The van der Waals surface area contributed by atoms with E-state index in [-0.39, 0.29) is 29.8 Å². The maximum atomic E-state index is 13.1. The Bertz CT molecular complexity index is 1380. The molecular formula is C28H37F3N6O2. The van der Waals surface area contributed by atoms with E-state index >= 15 is 0 Å². The fraction of sp³-hybridized carbons (Fsp3) is 0.607. The maximum Gasteiger partial charge on any atom is 0.416 e. The number of piperazine rings is 1. The smallest absolute Gasteiger partial charge is 0.376 e. The largest absolute Gasteiger partial charge is 0.416 e. The molecule has 0 amide bonds. The van der Waals surface area contributed by atoms with Crippen molar-refractivity contribution in [1.29, 1.82) is 0 Å². The molecule has 11 heteroatoms. The number of hydrogen-bond donors (Lipinski definition) is 0. The highest BCUT2D eigenvalue weighted by atomic mass is 19.4. The number of benzene rings is 1. The molecule has 8 nitrogen and oxygen atoms in total. The van der Waals surface area contributed by atoms with E-state index in [4.69, 9.17) is 9.72 Å². The van der Waals surface area contributed by atoms with Gasteiger partial charge < -0.3 is 14.2 Å². The van der Waals surface area contributed by atoms with Crippen molar-refractivity contribution >= 4 is 17.0 Å². The molecule has 0 bridgehead atoms. The summed E-state index contributed by atoms with van der Waals surface area (Å²) < 4.78 is 48.9. The van der Waals surface area contributed by atoms with E-state index in [1.54, 1.807) is 23.7 Å². The molecule has 0 radical (unpaired) electrons. The summed E-state index contributed by atoms with van der Waals surface area (Å²) in [5.41, 5.74) is 1.36. The van der Waals surface area contributed by atoms with Crippen LogP contribution in [0.2, 0.25) is 0 Å². The van der Waals surface area contributed by atoms with Gasteiger partial charge in [-0.15, -0.1) is 0 Å². The lowest BCUT2D eigenvalue weighted by Gasteiger charge is -2.45. The Morgan fingerprint density at radius 2 is 1.85 bits per heavy atom. The minimum absolute atomic E-state index is 0.0147. The monoisotopic (exact) mass is 546 g/mol. The second-order valence-corrected chi connectivity index (χ2v) is 11.2. The van der Waals surface area contributed by atoms with Gasteiger partial charge in [0, 0.05) is 45.4 Å². The van der Waals surface area contributed by atoms with E-state index in [1.807, 2.05) is 6.92 Å². The van der Waals surface area contributed by atoms with Crippen LogP contribution in [0.25, 0.3) is 11.2 Å². The summed E-state index contributed by atoms with van der Waals surface area (Å²) in [6.45, 7) is 11.6. The van der Waals surface area contributed by atoms with Crippen molar-refractivity contribution in [3.8, 4) is 0 Å². The molecule has 0 N–H and O–H groups in total. The van der Waals surface area contributed by atoms with Crippen LogP contribution in [-0.2, 0) is 24.5 Å². The molecule has 2 aliphatic rings. The van der Waals surface area contributed by atoms with Crippen molar-refractivity contribution < 1.29 is 17.9 Å². The Morgan fingerprint density at radius 1 is 1.13 bits per heavy atom. The first kappa shape index (κ1) is 27.6. The Morgan fingerprint density at radius 3 is 2.44 bits per heavy atom. The van der Waals surface area contributed by atoms with E-state index in [9.17, 15) is 18.0 Å². The maximum absolute atomic E-state index is 13.1. The van der Waals surface area contributed by atoms with Crippen LogP contribution in [0.4, 0.5) is 19.0 Å². The summed E-state index contributed by atoms with van der Waals surface area (Å²) in [5.74, 6) is 1.61. The van der Waals surface area contributed by atoms with Crippen LogP contribution in [0.3, 0.4) is 0 Å². The molecule has 3 atom stereocenters. The SMILES string of the molecule is Cc1nc2c(N3CCN(C(c4ccc(C(F)(F)F)cc4)C(C)C)CC3C)nc(=O)n(C)c2n1CC1CCCO1. The van der Waals surface area contributed by atoms with E-state index in [2.05, 4.69) is 40.1 Å². The highest BCUT2D eigenvalue weighted by Gasteiger charge is 2.35. The van der Waals surface area contributed by atoms with Gasteiger partial charge in [-0.2, -0.15) is 18.2 Å². The topological polar surface area (TPSA) is 68.4 Å². The van der Waals surface area contributed by atoms with Gasteiger partial charge in [0.25, 0.3) is 0 Å². The van der Waals surface area contributed by atoms with Crippen molar-refractivity contribution in [2.24, 2.45) is 13.0 Å². The van der Waals surface area contributed by atoms with Crippen LogP contribution < -0.4 is 10.6 Å². The van der Waals surface area contributed by atoms with Crippen LogP contribution >= 0.6 is 0 Å². The van der Waals surface area contributed by atoms with Crippen LogP contribution in [0.1, 0.15) is 56.6 Å². The Balaban J connectivity index is 1.42. The second-order valence-electron chi connectivity index (χ2n) is 11.2. The summed E-state index contributed by atoms with van der Waals surface area (Å²) >= 11 is 0. The van der Waals surface area contributed by atoms with Crippen molar-refractivity contribution in [2.45, 2.75) is 71.4 Å². The van der Waals surface area contributed by atoms with Crippen molar-refractivity contribution in [1.82, 2.24) is 24.0 Å². The Labute approximate surface area is 226 Å². The predicted octanol–water partition coefficient (Wildman–Crippen LogP) is 4.54. The fourth-order valence-electron chi connectivity index (χ4n) is 6.20. The molecule has 3 unspecified atom stereocenters. The highest BCUT2D eigenvalue weighted by molar-refractivity contribution is 5.84. The lowest BCUT2D eigenvalue weighted by Crippen LogP contribution is -2.54. The van der Waals surface area contributed by atoms with Gasteiger partial charge >= 0.3 is 11.9 Å². The number of aromatic nitrogens is 4. The number of anilines is 1. The molecule has 2 aromatic heterocycles. The van der Waals surface area contributed by atoms with Crippen molar-refractivity contribution in [3.63, 3.8) is 0 Å². The van der Waals surface area contributed by atoms with E-state index in [1.165, 1.54) is 12.1 Å². The number of aryl methyl sites for hydroxylation is 2. The number of alkyl halides is 3. The molecule has 0 spiro atoms. The number of nitrogens with zero attached hydrogens (tertiary/aromatic N) is 6. The van der Waals surface area contributed by atoms with E-state index in [0.717, 1.165) is 36.5 Å². The normalized spacial score (nSPS) is 21.8. The molecule has 3 aromatic rings.